The van der Waals surface area contributed by atoms with E-state index in [1.54, 1.807) is 19.1 Å². The van der Waals surface area contributed by atoms with E-state index in [9.17, 15) is 26.4 Å². The van der Waals surface area contributed by atoms with Crippen LogP contribution in [0.3, 0.4) is 0 Å². The highest BCUT2D eigenvalue weighted by Crippen LogP contribution is 2.38. The second kappa shape index (κ2) is 6.87. The highest BCUT2D eigenvalue weighted by Gasteiger charge is 2.47. The number of nitrogens with zero attached hydrogens (tertiary/aromatic N) is 1. The fourth-order valence-electron chi connectivity index (χ4n) is 2.22. The van der Waals surface area contributed by atoms with E-state index in [1.807, 2.05) is 0 Å². The van der Waals surface area contributed by atoms with Crippen LogP contribution in [0.15, 0.2) is 47.4 Å². The molecule has 6 nitrogen and oxygen atoms in total. The van der Waals surface area contributed by atoms with Gasteiger partial charge in [-0.2, -0.15) is 13.2 Å². The zero-order valence-corrected chi connectivity index (χ0v) is 14.6. The third kappa shape index (κ3) is 3.59. The van der Waals surface area contributed by atoms with Gasteiger partial charge in [-0.3, -0.25) is 4.90 Å². The van der Waals surface area contributed by atoms with E-state index in [1.165, 1.54) is 19.2 Å². The second-order valence-electron chi connectivity index (χ2n) is 5.29. The van der Waals surface area contributed by atoms with Gasteiger partial charge in [0.1, 0.15) is 5.75 Å². The van der Waals surface area contributed by atoms with Crippen LogP contribution in [0, 0.1) is 6.92 Å². The maximum atomic E-state index is 12.8. The Morgan fingerprint density at radius 1 is 1.12 bits per heavy atom. The summed E-state index contributed by atoms with van der Waals surface area (Å²) in [7, 11) is -4.38. The first kappa shape index (κ1) is 19.6. The zero-order chi connectivity index (χ0) is 19.7. The van der Waals surface area contributed by atoms with E-state index in [2.05, 4.69) is 0 Å². The van der Waals surface area contributed by atoms with Crippen LogP contribution in [0.5, 0.6) is 5.75 Å². The SMILES string of the molecule is COc1ccc(S(=O)(=O)C(F)(F)F)cc1N(C(N)=O)c1ccc(C)cc1. The Morgan fingerprint density at radius 2 is 1.69 bits per heavy atom. The molecule has 0 unspecified atom stereocenters. The molecule has 0 atom stereocenters. The average Bonchev–Trinajstić information content (AvgIpc) is 2.55. The number of amides is 2. The van der Waals surface area contributed by atoms with Crippen LogP contribution in [-0.4, -0.2) is 27.1 Å². The molecule has 10 heteroatoms. The number of aryl methyl sites for hydroxylation is 1. The van der Waals surface area contributed by atoms with Gasteiger partial charge in [-0.05, 0) is 37.3 Å². The fourth-order valence-corrected chi connectivity index (χ4v) is 3.01. The standard InChI is InChI=1S/C16H15F3N2O4S/c1-10-3-5-11(6-4-10)21(15(20)22)13-9-12(7-8-14(13)25-2)26(23,24)16(17,18)19/h3-9H,1-2H3,(H2,20,22). The summed E-state index contributed by atoms with van der Waals surface area (Å²) in [6.07, 6.45) is 0. The van der Waals surface area contributed by atoms with Gasteiger partial charge in [-0.15, -0.1) is 0 Å². The predicted octanol–water partition coefficient (Wildman–Crippen LogP) is 3.51. The lowest BCUT2D eigenvalue weighted by Gasteiger charge is -2.23. The molecule has 0 saturated carbocycles. The highest BCUT2D eigenvalue weighted by atomic mass is 32.2. The van der Waals surface area contributed by atoms with Crippen LogP contribution in [0.1, 0.15) is 5.56 Å². The quantitative estimate of drug-likeness (QED) is 0.868. The number of ether oxygens (including phenoxy) is 1. The van der Waals surface area contributed by atoms with E-state index in [-0.39, 0.29) is 17.1 Å². The first-order valence-electron chi connectivity index (χ1n) is 7.14. The van der Waals surface area contributed by atoms with Gasteiger partial charge in [0.15, 0.2) is 0 Å². The van der Waals surface area contributed by atoms with Gasteiger partial charge in [-0.25, -0.2) is 13.2 Å². The van der Waals surface area contributed by atoms with Gasteiger partial charge < -0.3 is 10.5 Å². The molecular formula is C16H15F3N2O4S. The van der Waals surface area contributed by atoms with E-state index in [0.717, 1.165) is 22.6 Å². The molecule has 0 saturated heterocycles. The normalized spacial score (nSPS) is 11.9. The number of methoxy groups -OCH3 is 1. The summed E-state index contributed by atoms with van der Waals surface area (Å²) in [5, 5.41) is 0. The lowest BCUT2D eigenvalue weighted by atomic mass is 10.2. The van der Waals surface area contributed by atoms with Crippen molar-refractivity contribution in [2.75, 3.05) is 12.0 Å². The molecular weight excluding hydrogens is 373 g/mol. The zero-order valence-electron chi connectivity index (χ0n) is 13.7. The topological polar surface area (TPSA) is 89.7 Å². The maximum Gasteiger partial charge on any atom is 0.501 e. The average molecular weight is 388 g/mol. The number of carbonyl (C=O) groups is 1. The third-order valence-electron chi connectivity index (χ3n) is 3.52. The largest absolute Gasteiger partial charge is 0.501 e. The third-order valence-corrected chi connectivity index (χ3v) is 5.00. The number of halogens is 3. The number of sulfone groups is 1. The smallest absolute Gasteiger partial charge is 0.495 e. The van der Waals surface area contributed by atoms with Crippen LogP contribution in [0.4, 0.5) is 29.3 Å². The molecule has 0 fully saturated rings. The van der Waals surface area contributed by atoms with Crippen molar-refractivity contribution >= 4 is 27.2 Å². The molecule has 26 heavy (non-hydrogen) atoms. The summed E-state index contributed by atoms with van der Waals surface area (Å²) >= 11 is 0. The molecule has 0 aliphatic rings. The van der Waals surface area contributed by atoms with E-state index >= 15 is 0 Å². The molecule has 0 bridgehead atoms. The highest BCUT2D eigenvalue weighted by molar-refractivity contribution is 7.92. The van der Waals surface area contributed by atoms with Crippen LogP contribution in [0.25, 0.3) is 0 Å². The van der Waals surface area contributed by atoms with Crippen LogP contribution < -0.4 is 15.4 Å². The molecule has 140 valence electrons. The van der Waals surface area contributed by atoms with Crippen molar-refractivity contribution in [3.63, 3.8) is 0 Å². The van der Waals surface area contributed by atoms with Crippen LogP contribution in [-0.2, 0) is 9.84 Å². The summed E-state index contributed by atoms with van der Waals surface area (Å²) in [6, 6.07) is 7.81. The van der Waals surface area contributed by atoms with Crippen molar-refractivity contribution in [3.05, 3.63) is 48.0 Å². The van der Waals surface area contributed by atoms with Gasteiger partial charge in [0.05, 0.1) is 23.4 Å². The summed E-state index contributed by atoms with van der Waals surface area (Å²) in [5.41, 5.74) is 0.766. The number of urea groups is 1. The van der Waals surface area contributed by atoms with Crippen molar-refractivity contribution in [2.24, 2.45) is 5.73 Å². The molecule has 0 aliphatic heterocycles. The van der Waals surface area contributed by atoms with Crippen LogP contribution in [0.2, 0.25) is 0 Å². The number of hydrogen-bond donors (Lipinski definition) is 1. The molecule has 0 aromatic heterocycles. The minimum absolute atomic E-state index is 0.0227. The lowest BCUT2D eigenvalue weighted by Crippen LogP contribution is -2.32. The van der Waals surface area contributed by atoms with Crippen molar-refractivity contribution < 1.29 is 31.1 Å². The number of rotatable bonds is 4. The number of anilines is 2. The molecule has 0 heterocycles. The molecule has 2 N–H and O–H groups in total. The monoisotopic (exact) mass is 388 g/mol. The summed E-state index contributed by atoms with van der Waals surface area (Å²) in [5.74, 6) is -0.0227. The Hall–Kier alpha value is -2.75. The van der Waals surface area contributed by atoms with Gasteiger partial charge in [-0.1, -0.05) is 17.7 Å². The Kier molecular flexibility index (Phi) is 5.17. The first-order chi connectivity index (χ1) is 12.0. The van der Waals surface area contributed by atoms with E-state index in [4.69, 9.17) is 10.5 Å². The Morgan fingerprint density at radius 3 is 2.15 bits per heavy atom. The minimum atomic E-state index is -5.61. The number of alkyl halides is 3. The maximum absolute atomic E-state index is 12.8. The molecule has 2 rings (SSSR count). The van der Waals surface area contributed by atoms with Crippen LogP contribution >= 0.6 is 0 Å². The molecule has 2 aromatic carbocycles. The number of primary amides is 1. The number of benzene rings is 2. The van der Waals surface area contributed by atoms with Gasteiger partial charge in [0.2, 0.25) is 0 Å². The Labute approximate surface area is 147 Å². The summed E-state index contributed by atoms with van der Waals surface area (Å²) < 4.78 is 66.9. The molecule has 0 spiro atoms. The second-order valence-corrected chi connectivity index (χ2v) is 7.23. The number of carbonyl (C=O) groups excluding carboxylic acids is 1. The van der Waals surface area contributed by atoms with Gasteiger partial charge in [0.25, 0.3) is 9.84 Å². The predicted molar refractivity (Wildman–Crippen MR) is 89.1 cm³/mol. The fraction of sp³-hybridized carbons (Fsp3) is 0.188. The van der Waals surface area contributed by atoms with E-state index in [0.29, 0.717) is 6.07 Å². The molecule has 0 radical (unpaired) electrons. The lowest BCUT2D eigenvalue weighted by molar-refractivity contribution is -0.0436. The van der Waals surface area contributed by atoms with Gasteiger partial charge in [0, 0.05) is 0 Å². The Balaban J connectivity index is 2.70. The summed E-state index contributed by atoms with van der Waals surface area (Å²) in [4.78, 5) is 11.8. The first-order valence-corrected chi connectivity index (χ1v) is 8.63. The molecule has 2 amide bonds. The van der Waals surface area contributed by atoms with Gasteiger partial charge >= 0.3 is 11.5 Å². The number of nitrogens with two attached hydrogens (primary N) is 1. The van der Waals surface area contributed by atoms with Crippen molar-refractivity contribution in [2.45, 2.75) is 17.3 Å². The number of hydrogen-bond acceptors (Lipinski definition) is 4. The Bertz CT molecular complexity index is 926. The van der Waals surface area contributed by atoms with Crippen molar-refractivity contribution in [1.29, 1.82) is 0 Å². The minimum Gasteiger partial charge on any atom is -0.495 e. The summed E-state index contributed by atoms with van der Waals surface area (Å²) in [6.45, 7) is 1.80. The van der Waals surface area contributed by atoms with E-state index < -0.39 is 26.3 Å². The van der Waals surface area contributed by atoms with Crippen molar-refractivity contribution in [1.82, 2.24) is 0 Å². The van der Waals surface area contributed by atoms with Crippen molar-refractivity contribution in [3.8, 4) is 5.75 Å². The molecule has 2 aromatic rings. The molecule has 0 aliphatic carbocycles.